The third-order valence-electron chi connectivity index (χ3n) is 3.43. The molecule has 9 heteroatoms. The van der Waals surface area contributed by atoms with E-state index in [1.165, 1.54) is 44.5 Å². The number of halogens is 3. The van der Waals surface area contributed by atoms with Crippen LogP contribution in [0.2, 0.25) is 0 Å². The summed E-state index contributed by atoms with van der Waals surface area (Å²) in [6.45, 7) is 1.31. The first-order valence-electron chi connectivity index (χ1n) is 7.17. The Balaban J connectivity index is 2.17. The van der Waals surface area contributed by atoms with E-state index in [0.717, 1.165) is 4.57 Å². The standard InChI is InChI=1S/C16H13F3N4O2/c1-9(24)21-14-6-3-10(8-20-14)23-13-5-4-11(25-2)7-12(13)22-15(23)16(17,18)19/h3-8H,1-2H3,(H,20,21,24). The van der Waals surface area contributed by atoms with Gasteiger partial charge in [-0.1, -0.05) is 0 Å². The van der Waals surface area contributed by atoms with Gasteiger partial charge in [0.15, 0.2) is 0 Å². The lowest BCUT2D eigenvalue weighted by atomic mass is 10.3. The Kier molecular flexibility index (Phi) is 4.07. The van der Waals surface area contributed by atoms with Crippen LogP contribution >= 0.6 is 0 Å². The molecule has 0 aliphatic carbocycles. The van der Waals surface area contributed by atoms with Crippen LogP contribution in [0.5, 0.6) is 5.75 Å². The molecule has 1 amide bonds. The molecule has 0 radical (unpaired) electrons. The van der Waals surface area contributed by atoms with Crippen molar-refractivity contribution in [3.8, 4) is 11.4 Å². The molecule has 1 aromatic carbocycles. The van der Waals surface area contributed by atoms with Crippen molar-refractivity contribution in [3.63, 3.8) is 0 Å². The zero-order chi connectivity index (χ0) is 18.2. The van der Waals surface area contributed by atoms with Gasteiger partial charge >= 0.3 is 6.18 Å². The van der Waals surface area contributed by atoms with Crippen LogP contribution in [0, 0.1) is 0 Å². The number of nitrogens with zero attached hydrogens (tertiary/aromatic N) is 3. The quantitative estimate of drug-likeness (QED) is 0.786. The molecule has 0 bridgehead atoms. The molecule has 0 saturated heterocycles. The number of aromatic nitrogens is 3. The molecule has 0 atom stereocenters. The first-order chi connectivity index (χ1) is 11.8. The predicted molar refractivity (Wildman–Crippen MR) is 84.7 cm³/mol. The van der Waals surface area contributed by atoms with Crippen molar-refractivity contribution >= 4 is 22.8 Å². The third kappa shape index (κ3) is 3.25. The van der Waals surface area contributed by atoms with Gasteiger partial charge in [-0.2, -0.15) is 13.2 Å². The number of anilines is 1. The fourth-order valence-electron chi connectivity index (χ4n) is 2.41. The van der Waals surface area contributed by atoms with Crippen molar-refractivity contribution in [2.45, 2.75) is 13.1 Å². The van der Waals surface area contributed by atoms with E-state index >= 15 is 0 Å². The average Bonchev–Trinajstić information content (AvgIpc) is 2.94. The van der Waals surface area contributed by atoms with Gasteiger partial charge in [-0.15, -0.1) is 0 Å². The van der Waals surface area contributed by atoms with Gasteiger partial charge < -0.3 is 10.1 Å². The number of imidazole rings is 1. The number of rotatable bonds is 3. The first-order valence-corrected chi connectivity index (χ1v) is 7.17. The number of ether oxygens (including phenoxy) is 1. The lowest BCUT2D eigenvalue weighted by Crippen LogP contribution is -2.14. The lowest BCUT2D eigenvalue weighted by Gasteiger charge is -2.11. The maximum Gasteiger partial charge on any atom is 0.450 e. The number of alkyl halides is 3. The molecule has 0 aliphatic rings. The Hall–Kier alpha value is -3.10. The first kappa shape index (κ1) is 16.7. The van der Waals surface area contributed by atoms with Crippen molar-refractivity contribution in [2.75, 3.05) is 12.4 Å². The van der Waals surface area contributed by atoms with Gasteiger partial charge in [-0.3, -0.25) is 9.36 Å². The molecule has 0 spiro atoms. The van der Waals surface area contributed by atoms with Crippen LogP contribution in [-0.2, 0) is 11.0 Å². The Morgan fingerprint density at radius 2 is 2.00 bits per heavy atom. The molecule has 0 unspecified atom stereocenters. The Bertz CT molecular complexity index is 933. The molecule has 0 aliphatic heterocycles. The Labute approximate surface area is 140 Å². The minimum Gasteiger partial charge on any atom is -0.497 e. The van der Waals surface area contributed by atoms with Crippen molar-refractivity contribution in [1.29, 1.82) is 0 Å². The highest BCUT2D eigenvalue weighted by molar-refractivity contribution is 5.87. The molecule has 3 aromatic rings. The number of hydrogen-bond acceptors (Lipinski definition) is 4. The Morgan fingerprint density at radius 1 is 1.24 bits per heavy atom. The number of carbonyl (C=O) groups is 1. The van der Waals surface area contributed by atoms with Crippen molar-refractivity contribution in [2.24, 2.45) is 0 Å². The molecular weight excluding hydrogens is 337 g/mol. The number of nitrogens with one attached hydrogen (secondary N) is 1. The van der Waals surface area contributed by atoms with Crippen molar-refractivity contribution in [3.05, 3.63) is 42.4 Å². The Morgan fingerprint density at radius 3 is 2.56 bits per heavy atom. The summed E-state index contributed by atoms with van der Waals surface area (Å²) in [5.41, 5.74) is 0.592. The normalized spacial score (nSPS) is 11.6. The van der Waals surface area contributed by atoms with E-state index in [-0.39, 0.29) is 28.4 Å². The van der Waals surface area contributed by atoms with Crippen LogP contribution < -0.4 is 10.1 Å². The second-order valence-corrected chi connectivity index (χ2v) is 5.21. The molecule has 25 heavy (non-hydrogen) atoms. The zero-order valence-electron chi connectivity index (χ0n) is 13.3. The summed E-state index contributed by atoms with van der Waals surface area (Å²) in [5, 5.41) is 2.46. The molecule has 130 valence electrons. The number of fused-ring (bicyclic) bond motifs is 1. The summed E-state index contributed by atoms with van der Waals surface area (Å²) in [5.74, 6) is -0.734. The van der Waals surface area contributed by atoms with Gasteiger partial charge in [0.05, 0.1) is 30.0 Å². The summed E-state index contributed by atoms with van der Waals surface area (Å²) in [4.78, 5) is 18.7. The summed E-state index contributed by atoms with van der Waals surface area (Å²) in [6, 6.07) is 7.34. The average molecular weight is 350 g/mol. The van der Waals surface area contributed by atoms with Crippen LogP contribution in [0.4, 0.5) is 19.0 Å². The van der Waals surface area contributed by atoms with Crippen molar-refractivity contribution < 1.29 is 22.7 Å². The van der Waals surface area contributed by atoms with E-state index in [4.69, 9.17) is 4.74 Å². The fourth-order valence-corrected chi connectivity index (χ4v) is 2.41. The summed E-state index contributed by atoms with van der Waals surface area (Å²) in [7, 11) is 1.42. The minimum absolute atomic E-state index is 0.151. The monoisotopic (exact) mass is 350 g/mol. The molecule has 0 saturated carbocycles. The number of carbonyl (C=O) groups excluding carboxylic acids is 1. The number of methoxy groups -OCH3 is 1. The number of amides is 1. The predicted octanol–water partition coefficient (Wildman–Crippen LogP) is 3.41. The molecule has 0 fully saturated rings. The van der Waals surface area contributed by atoms with Crippen LogP contribution in [0.1, 0.15) is 12.7 Å². The molecule has 6 nitrogen and oxygen atoms in total. The smallest absolute Gasteiger partial charge is 0.450 e. The van der Waals surface area contributed by atoms with E-state index in [2.05, 4.69) is 15.3 Å². The number of benzene rings is 1. The van der Waals surface area contributed by atoms with Crippen LogP contribution in [-0.4, -0.2) is 27.6 Å². The highest BCUT2D eigenvalue weighted by atomic mass is 19.4. The van der Waals surface area contributed by atoms with Gasteiger partial charge in [0.2, 0.25) is 11.7 Å². The van der Waals surface area contributed by atoms with Crippen LogP contribution in [0.25, 0.3) is 16.7 Å². The second kappa shape index (κ2) is 6.08. The van der Waals surface area contributed by atoms with Gasteiger partial charge in [0, 0.05) is 13.0 Å². The fraction of sp³-hybridized carbons (Fsp3) is 0.188. The molecule has 2 heterocycles. The number of pyridine rings is 1. The summed E-state index contributed by atoms with van der Waals surface area (Å²) < 4.78 is 46.2. The van der Waals surface area contributed by atoms with Gasteiger partial charge in [0.25, 0.3) is 0 Å². The molecule has 2 aromatic heterocycles. The minimum atomic E-state index is -4.65. The summed E-state index contributed by atoms with van der Waals surface area (Å²) >= 11 is 0. The highest BCUT2D eigenvalue weighted by Crippen LogP contribution is 2.34. The van der Waals surface area contributed by atoms with Crippen LogP contribution in [0.15, 0.2) is 36.5 Å². The van der Waals surface area contributed by atoms with Gasteiger partial charge in [-0.05, 0) is 24.3 Å². The molecule has 3 rings (SSSR count). The van der Waals surface area contributed by atoms with Crippen molar-refractivity contribution in [1.82, 2.24) is 14.5 Å². The maximum atomic E-state index is 13.4. The van der Waals surface area contributed by atoms with Gasteiger partial charge in [0.1, 0.15) is 11.6 Å². The van der Waals surface area contributed by atoms with E-state index in [1.807, 2.05) is 0 Å². The van der Waals surface area contributed by atoms with E-state index in [1.54, 1.807) is 6.07 Å². The van der Waals surface area contributed by atoms with Crippen LogP contribution in [0.3, 0.4) is 0 Å². The lowest BCUT2D eigenvalue weighted by molar-refractivity contribution is -0.145. The number of hydrogen-bond donors (Lipinski definition) is 1. The second-order valence-electron chi connectivity index (χ2n) is 5.21. The molecular formula is C16H13F3N4O2. The molecule has 1 N–H and O–H groups in total. The summed E-state index contributed by atoms with van der Waals surface area (Å²) in [6.07, 6.45) is -3.41. The highest BCUT2D eigenvalue weighted by Gasteiger charge is 2.38. The zero-order valence-corrected chi connectivity index (χ0v) is 13.3. The van der Waals surface area contributed by atoms with Gasteiger partial charge in [-0.25, -0.2) is 9.97 Å². The van der Waals surface area contributed by atoms with E-state index in [0.29, 0.717) is 5.75 Å². The van der Waals surface area contributed by atoms with E-state index in [9.17, 15) is 18.0 Å². The largest absolute Gasteiger partial charge is 0.497 e. The maximum absolute atomic E-state index is 13.4. The van der Waals surface area contributed by atoms with E-state index < -0.39 is 12.0 Å². The topological polar surface area (TPSA) is 69.0 Å². The third-order valence-corrected chi connectivity index (χ3v) is 3.43. The SMILES string of the molecule is COc1ccc2c(c1)nc(C(F)(F)F)n2-c1ccc(NC(C)=O)nc1.